The number of benzene rings is 3. The Kier molecular flexibility index (Phi) is 7.39. The fraction of sp³-hybridized carbons (Fsp3) is 0.160. The lowest BCUT2D eigenvalue weighted by molar-refractivity contribution is -0.124. The van der Waals surface area contributed by atoms with Gasteiger partial charge in [-0.05, 0) is 41.8 Å². The molecule has 0 fully saturated rings. The van der Waals surface area contributed by atoms with E-state index in [4.69, 9.17) is 9.47 Å². The zero-order valence-corrected chi connectivity index (χ0v) is 17.1. The SMILES string of the molecule is COc1ccc(CCNC(=O)COC(=O)c2ccccc2-c2ccccc2C#N)cc1. The zero-order valence-electron chi connectivity index (χ0n) is 17.1. The molecule has 1 amide bonds. The van der Waals surface area contributed by atoms with E-state index in [1.165, 1.54) is 0 Å². The number of nitriles is 1. The van der Waals surface area contributed by atoms with Crippen LogP contribution in [-0.4, -0.2) is 32.1 Å². The molecule has 6 nitrogen and oxygen atoms in total. The zero-order chi connectivity index (χ0) is 22.1. The third-order valence-electron chi connectivity index (χ3n) is 4.71. The predicted octanol–water partition coefficient (Wildman–Crippen LogP) is 3.75. The van der Waals surface area contributed by atoms with Crippen LogP contribution in [-0.2, 0) is 16.0 Å². The summed E-state index contributed by atoms with van der Waals surface area (Å²) in [6, 6.07) is 23.6. The van der Waals surface area contributed by atoms with Crippen molar-refractivity contribution in [3.05, 3.63) is 89.5 Å². The topological polar surface area (TPSA) is 88.4 Å². The first-order valence-corrected chi connectivity index (χ1v) is 9.77. The second-order valence-corrected chi connectivity index (χ2v) is 6.73. The standard InChI is InChI=1S/C25H22N2O4/c1-30-20-12-10-18(11-13-20)14-15-27-24(28)17-31-25(29)23-9-5-4-8-22(23)21-7-3-2-6-19(21)16-26/h2-13H,14-15,17H2,1H3,(H,27,28). The number of ether oxygens (including phenoxy) is 2. The van der Waals surface area contributed by atoms with E-state index >= 15 is 0 Å². The summed E-state index contributed by atoms with van der Waals surface area (Å²) < 4.78 is 10.3. The highest BCUT2D eigenvalue weighted by Gasteiger charge is 2.17. The molecule has 0 saturated heterocycles. The Morgan fingerprint density at radius 2 is 1.61 bits per heavy atom. The quantitative estimate of drug-likeness (QED) is 0.567. The molecule has 0 aliphatic carbocycles. The van der Waals surface area contributed by atoms with Crippen molar-refractivity contribution in [1.29, 1.82) is 5.26 Å². The van der Waals surface area contributed by atoms with Crippen molar-refractivity contribution in [2.45, 2.75) is 6.42 Å². The van der Waals surface area contributed by atoms with Gasteiger partial charge < -0.3 is 14.8 Å². The Morgan fingerprint density at radius 3 is 2.32 bits per heavy atom. The van der Waals surface area contributed by atoms with E-state index in [1.54, 1.807) is 55.6 Å². The Labute approximate surface area is 181 Å². The minimum absolute atomic E-state index is 0.302. The average Bonchev–Trinajstić information content (AvgIpc) is 2.83. The van der Waals surface area contributed by atoms with Gasteiger partial charge in [0.2, 0.25) is 0 Å². The molecule has 6 heteroatoms. The van der Waals surface area contributed by atoms with Crippen LogP contribution in [0.15, 0.2) is 72.8 Å². The molecular formula is C25H22N2O4. The molecule has 0 saturated carbocycles. The van der Waals surface area contributed by atoms with Gasteiger partial charge in [-0.25, -0.2) is 4.79 Å². The van der Waals surface area contributed by atoms with Gasteiger partial charge in [0.25, 0.3) is 5.91 Å². The van der Waals surface area contributed by atoms with Crippen molar-refractivity contribution in [3.63, 3.8) is 0 Å². The fourth-order valence-electron chi connectivity index (χ4n) is 3.11. The van der Waals surface area contributed by atoms with E-state index < -0.39 is 5.97 Å². The maximum Gasteiger partial charge on any atom is 0.339 e. The third-order valence-corrected chi connectivity index (χ3v) is 4.71. The van der Waals surface area contributed by atoms with Gasteiger partial charge in [0, 0.05) is 12.1 Å². The van der Waals surface area contributed by atoms with Crippen molar-refractivity contribution >= 4 is 11.9 Å². The van der Waals surface area contributed by atoms with Crippen LogP contribution in [0.3, 0.4) is 0 Å². The molecular weight excluding hydrogens is 392 g/mol. The maximum atomic E-state index is 12.6. The van der Waals surface area contributed by atoms with Crippen molar-refractivity contribution < 1.29 is 19.1 Å². The minimum atomic E-state index is -0.617. The summed E-state index contributed by atoms with van der Waals surface area (Å²) in [5, 5.41) is 12.1. The summed E-state index contributed by atoms with van der Waals surface area (Å²) in [7, 11) is 1.61. The number of rotatable bonds is 8. The van der Waals surface area contributed by atoms with Crippen LogP contribution in [0, 0.1) is 11.3 Å². The second kappa shape index (κ2) is 10.6. The average molecular weight is 414 g/mol. The molecule has 0 aliphatic rings. The Morgan fingerprint density at radius 1 is 0.935 bits per heavy atom. The van der Waals surface area contributed by atoms with E-state index in [1.807, 2.05) is 24.3 Å². The minimum Gasteiger partial charge on any atom is -0.497 e. The molecule has 0 radical (unpaired) electrons. The van der Waals surface area contributed by atoms with Gasteiger partial charge >= 0.3 is 5.97 Å². The molecule has 3 rings (SSSR count). The molecule has 0 atom stereocenters. The van der Waals surface area contributed by atoms with Crippen LogP contribution < -0.4 is 10.1 Å². The van der Waals surface area contributed by atoms with E-state index in [2.05, 4.69) is 11.4 Å². The van der Waals surface area contributed by atoms with Gasteiger partial charge in [-0.2, -0.15) is 5.26 Å². The van der Waals surface area contributed by atoms with Gasteiger partial charge in [-0.15, -0.1) is 0 Å². The number of carbonyl (C=O) groups excluding carboxylic acids is 2. The van der Waals surface area contributed by atoms with Crippen molar-refractivity contribution in [2.75, 3.05) is 20.3 Å². The lowest BCUT2D eigenvalue weighted by Crippen LogP contribution is -2.30. The van der Waals surface area contributed by atoms with E-state index in [-0.39, 0.29) is 12.5 Å². The molecule has 3 aromatic rings. The van der Waals surface area contributed by atoms with Gasteiger partial charge in [-0.1, -0.05) is 48.5 Å². The molecule has 1 N–H and O–H groups in total. The summed E-state index contributed by atoms with van der Waals surface area (Å²) in [6.07, 6.45) is 0.650. The highest BCUT2D eigenvalue weighted by molar-refractivity contribution is 5.98. The first-order valence-electron chi connectivity index (χ1n) is 9.77. The first-order chi connectivity index (χ1) is 15.1. The number of methoxy groups -OCH3 is 1. The molecule has 3 aromatic carbocycles. The molecule has 0 aliphatic heterocycles. The second-order valence-electron chi connectivity index (χ2n) is 6.73. The number of nitrogens with zero attached hydrogens (tertiary/aromatic N) is 1. The number of hydrogen-bond donors (Lipinski definition) is 1. The summed E-state index contributed by atoms with van der Waals surface area (Å²) >= 11 is 0. The molecule has 0 bridgehead atoms. The Bertz CT molecular complexity index is 1100. The highest BCUT2D eigenvalue weighted by Crippen LogP contribution is 2.27. The monoisotopic (exact) mass is 414 g/mol. The lowest BCUT2D eigenvalue weighted by Gasteiger charge is -2.11. The lowest BCUT2D eigenvalue weighted by atomic mass is 9.96. The van der Waals surface area contributed by atoms with Crippen LogP contribution in [0.25, 0.3) is 11.1 Å². The van der Waals surface area contributed by atoms with Crippen LogP contribution in [0.4, 0.5) is 0 Å². The van der Waals surface area contributed by atoms with Crippen LogP contribution in [0.5, 0.6) is 5.75 Å². The maximum absolute atomic E-state index is 12.6. The normalized spacial score (nSPS) is 10.1. The van der Waals surface area contributed by atoms with Crippen LogP contribution >= 0.6 is 0 Å². The fourth-order valence-corrected chi connectivity index (χ4v) is 3.11. The molecule has 0 spiro atoms. The largest absolute Gasteiger partial charge is 0.497 e. The van der Waals surface area contributed by atoms with Gasteiger partial charge in [0.15, 0.2) is 6.61 Å². The van der Waals surface area contributed by atoms with E-state index in [9.17, 15) is 14.9 Å². The number of amides is 1. The molecule has 0 heterocycles. The number of hydrogen-bond acceptors (Lipinski definition) is 5. The summed E-state index contributed by atoms with van der Waals surface area (Å²) in [6.45, 7) is 0.0462. The van der Waals surface area contributed by atoms with Gasteiger partial charge in [0.05, 0.1) is 24.3 Å². The van der Waals surface area contributed by atoms with Crippen LogP contribution in [0.1, 0.15) is 21.5 Å². The number of carbonyl (C=O) groups is 2. The van der Waals surface area contributed by atoms with Gasteiger partial charge in [0.1, 0.15) is 5.75 Å². The van der Waals surface area contributed by atoms with Crippen molar-refractivity contribution in [3.8, 4) is 22.9 Å². The van der Waals surface area contributed by atoms with Crippen molar-refractivity contribution in [1.82, 2.24) is 5.32 Å². The summed E-state index contributed by atoms with van der Waals surface area (Å²) in [4.78, 5) is 24.7. The number of esters is 1. The van der Waals surface area contributed by atoms with Crippen molar-refractivity contribution in [2.24, 2.45) is 0 Å². The molecule has 0 aromatic heterocycles. The van der Waals surface area contributed by atoms with Gasteiger partial charge in [-0.3, -0.25) is 4.79 Å². The third kappa shape index (κ3) is 5.71. The molecule has 0 unspecified atom stereocenters. The highest BCUT2D eigenvalue weighted by atomic mass is 16.5. The Hall–Kier alpha value is -4.11. The predicted molar refractivity (Wildman–Crippen MR) is 117 cm³/mol. The smallest absolute Gasteiger partial charge is 0.339 e. The molecule has 31 heavy (non-hydrogen) atoms. The first kappa shape index (κ1) is 21.6. The summed E-state index contributed by atoms with van der Waals surface area (Å²) in [5.74, 6) is -0.220. The summed E-state index contributed by atoms with van der Waals surface area (Å²) in [5.41, 5.74) is 3.05. The number of nitrogens with one attached hydrogen (secondary N) is 1. The molecule has 156 valence electrons. The van der Waals surface area contributed by atoms with Crippen LogP contribution in [0.2, 0.25) is 0 Å². The van der Waals surface area contributed by atoms with E-state index in [0.29, 0.717) is 35.2 Å². The van der Waals surface area contributed by atoms with E-state index in [0.717, 1.165) is 11.3 Å². The Balaban J connectivity index is 1.56.